The van der Waals surface area contributed by atoms with Crippen LogP contribution in [-0.2, 0) is 4.79 Å². The molecule has 1 saturated carbocycles. The number of carbonyl (C=O) groups is 1. The van der Waals surface area contributed by atoms with Gasteiger partial charge >= 0.3 is 0 Å². The SMILES string of the molecule is Cl.O=C(C1CC1c1ccc(F)cc1F)N1CCNCC1c1cccc(F)c1. The minimum atomic E-state index is -0.622. The minimum Gasteiger partial charge on any atom is -0.333 e. The number of benzene rings is 2. The van der Waals surface area contributed by atoms with Gasteiger partial charge in [0.05, 0.1) is 6.04 Å². The Bertz CT molecular complexity index is 848. The van der Waals surface area contributed by atoms with Crippen molar-refractivity contribution in [3.8, 4) is 0 Å². The van der Waals surface area contributed by atoms with Crippen molar-refractivity contribution in [3.63, 3.8) is 0 Å². The molecule has 3 nitrogen and oxygen atoms in total. The molecule has 2 aliphatic rings. The number of hydrogen-bond acceptors (Lipinski definition) is 2. The average Bonchev–Trinajstić information content (AvgIpc) is 3.41. The summed E-state index contributed by atoms with van der Waals surface area (Å²) in [5.74, 6) is -2.13. The van der Waals surface area contributed by atoms with E-state index in [0.29, 0.717) is 31.6 Å². The third kappa shape index (κ3) is 3.96. The van der Waals surface area contributed by atoms with Gasteiger partial charge in [-0.3, -0.25) is 4.79 Å². The van der Waals surface area contributed by atoms with Crippen LogP contribution in [0.25, 0.3) is 0 Å². The first-order valence-electron chi connectivity index (χ1n) is 8.76. The monoisotopic (exact) mass is 396 g/mol. The molecule has 4 rings (SSSR count). The summed E-state index contributed by atoms with van der Waals surface area (Å²) in [6.45, 7) is 1.74. The summed E-state index contributed by atoms with van der Waals surface area (Å²) < 4.78 is 40.7. The van der Waals surface area contributed by atoms with Gasteiger partial charge in [-0.25, -0.2) is 13.2 Å². The number of piperazine rings is 1. The van der Waals surface area contributed by atoms with Crippen LogP contribution in [0.2, 0.25) is 0 Å². The number of carbonyl (C=O) groups excluding carboxylic acids is 1. The normalized spacial score (nSPS) is 24.3. The lowest BCUT2D eigenvalue weighted by Crippen LogP contribution is -2.49. The lowest BCUT2D eigenvalue weighted by molar-refractivity contribution is -0.136. The fraction of sp³-hybridized carbons (Fsp3) is 0.350. The van der Waals surface area contributed by atoms with E-state index in [1.54, 1.807) is 11.0 Å². The maximum Gasteiger partial charge on any atom is 0.226 e. The molecular weight excluding hydrogens is 377 g/mol. The van der Waals surface area contributed by atoms with Crippen molar-refractivity contribution in [2.24, 2.45) is 5.92 Å². The lowest BCUT2D eigenvalue weighted by atomic mass is 10.0. The first-order valence-corrected chi connectivity index (χ1v) is 8.76. The summed E-state index contributed by atoms with van der Waals surface area (Å²) in [4.78, 5) is 14.8. The molecule has 2 aromatic rings. The summed E-state index contributed by atoms with van der Waals surface area (Å²) in [5.41, 5.74) is 1.14. The Morgan fingerprint density at radius 1 is 1.07 bits per heavy atom. The van der Waals surface area contributed by atoms with Crippen LogP contribution in [0.1, 0.15) is 29.5 Å². The average molecular weight is 397 g/mol. The molecule has 3 atom stereocenters. The number of hydrogen-bond donors (Lipinski definition) is 1. The van der Waals surface area contributed by atoms with Gasteiger partial charge in [-0.1, -0.05) is 18.2 Å². The van der Waals surface area contributed by atoms with Crippen LogP contribution < -0.4 is 5.32 Å². The predicted molar refractivity (Wildman–Crippen MR) is 98.2 cm³/mol. The quantitative estimate of drug-likeness (QED) is 0.855. The molecule has 1 heterocycles. The van der Waals surface area contributed by atoms with E-state index in [4.69, 9.17) is 0 Å². The zero-order valence-electron chi connectivity index (χ0n) is 14.5. The largest absolute Gasteiger partial charge is 0.333 e. The molecule has 1 saturated heterocycles. The van der Waals surface area contributed by atoms with Gasteiger partial charge in [-0.2, -0.15) is 0 Å². The molecular formula is C20H20ClF3N2O. The number of halogens is 4. The van der Waals surface area contributed by atoms with Crippen LogP contribution in [0.4, 0.5) is 13.2 Å². The Morgan fingerprint density at radius 3 is 2.59 bits per heavy atom. The molecule has 1 amide bonds. The third-order valence-corrected chi connectivity index (χ3v) is 5.23. The van der Waals surface area contributed by atoms with E-state index >= 15 is 0 Å². The van der Waals surface area contributed by atoms with E-state index in [0.717, 1.165) is 11.6 Å². The Morgan fingerprint density at radius 2 is 1.85 bits per heavy atom. The van der Waals surface area contributed by atoms with E-state index in [1.807, 2.05) is 6.07 Å². The molecule has 0 bridgehead atoms. The second kappa shape index (κ2) is 7.90. The van der Waals surface area contributed by atoms with E-state index in [9.17, 15) is 18.0 Å². The molecule has 7 heteroatoms. The zero-order chi connectivity index (χ0) is 18.3. The van der Waals surface area contributed by atoms with Crippen LogP contribution in [0, 0.1) is 23.4 Å². The van der Waals surface area contributed by atoms with Gasteiger partial charge in [0, 0.05) is 31.6 Å². The Labute approximate surface area is 162 Å². The number of amides is 1. The Balaban J connectivity index is 0.00000210. The molecule has 1 aliphatic heterocycles. The maximum atomic E-state index is 14.0. The molecule has 2 fully saturated rings. The highest BCUT2D eigenvalue weighted by molar-refractivity contribution is 5.85. The highest BCUT2D eigenvalue weighted by Crippen LogP contribution is 2.50. The zero-order valence-corrected chi connectivity index (χ0v) is 15.3. The van der Waals surface area contributed by atoms with Crippen molar-refractivity contribution in [3.05, 3.63) is 71.0 Å². The van der Waals surface area contributed by atoms with Crippen LogP contribution in [0.15, 0.2) is 42.5 Å². The van der Waals surface area contributed by atoms with E-state index in [-0.39, 0.29) is 42.0 Å². The summed E-state index contributed by atoms with van der Waals surface area (Å²) in [5, 5.41) is 3.24. The second-order valence-corrected chi connectivity index (χ2v) is 6.92. The van der Waals surface area contributed by atoms with Crippen molar-refractivity contribution < 1.29 is 18.0 Å². The molecule has 0 radical (unpaired) electrons. The first-order chi connectivity index (χ1) is 12.5. The standard InChI is InChI=1S/C20H19F3N2O.ClH/c21-13-3-1-2-12(8-13)19-11-24-6-7-25(19)20(26)17-10-16(17)15-5-4-14(22)9-18(15)23;/h1-5,8-9,16-17,19,24H,6-7,10-11H2;1H. The molecule has 0 aromatic heterocycles. The van der Waals surface area contributed by atoms with Gasteiger partial charge in [-0.15, -0.1) is 12.4 Å². The molecule has 27 heavy (non-hydrogen) atoms. The van der Waals surface area contributed by atoms with Gasteiger partial charge in [0.15, 0.2) is 0 Å². The molecule has 144 valence electrons. The van der Waals surface area contributed by atoms with Crippen LogP contribution in [0.5, 0.6) is 0 Å². The molecule has 2 aromatic carbocycles. The molecule has 0 spiro atoms. The minimum absolute atomic E-state index is 0. The number of nitrogens with zero attached hydrogens (tertiary/aromatic N) is 1. The Kier molecular flexibility index (Phi) is 5.77. The van der Waals surface area contributed by atoms with Crippen molar-refractivity contribution in [2.45, 2.75) is 18.4 Å². The van der Waals surface area contributed by atoms with E-state index < -0.39 is 11.6 Å². The summed E-state index contributed by atoms with van der Waals surface area (Å²) >= 11 is 0. The lowest BCUT2D eigenvalue weighted by Gasteiger charge is -2.37. The van der Waals surface area contributed by atoms with Crippen LogP contribution in [0.3, 0.4) is 0 Å². The number of rotatable bonds is 3. The van der Waals surface area contributed by atoms with Crippen molar-refractivity contribution in [1.29, 1.82) is 0 Å². The molecule has 1 N–H and O–H groups in total. The van der Waals surface area contributed by atoms with Crippen LogP contribution in [-0.4, -0.2) is 30.4 Å². The summed E-state index contributed by atoms with van der Waals surface area (Å²) in [7, 11) is 0. The van der Waals surface area contributed by atoms with Gasteiger partial charge in [0.1, 0.15) is 17.5 Å². The highest BCUT2D eigenvalue weighted by Gasteiger charge is 2.48. The topological polar surface area (TPSA) is 32.3 Å². The predicted octanol–water partition coefficient (Wildman–Crippen LogP) is 3.80. The van der Waals surface area contributed by atoms with Crippen molar-refractivity contribution >= 4 is 18.3 Å². The maximum absolute atomic E-state index is 14.0. The second-order valence-electron chi connectivity index (χ2n) is 6.92. The first kappa shape index (κ1) is 19.7. The van der Waals surface area contributed by atoms with Crippen molar-refractivity contribution in [2.75, 3.05) is 19.6 Å². The summed E-state index contributed by atoms with van der Waals surface area (Å²) in [6.07, 6.45) is 0.557. The Hall–Kier alpha value is -2.05. The summed E-state index contributed by atoms with van der Waals surface area (Å²) in [6, 6.07) is 9.52. The van der Waals surface area contributed by atoms with Gasteiger partial charge in [0.2, 0.25) is 5.91 Å². The van der Waals surface area contributed by atoms with Gasteiger partial charge < -0.3 is 10.2 Å². The fourth-order valence-corrected chi connectivity index (χ4v) is 3.81. The van der Waals surface area contributed by atoms with E-state index in [1.165, 1.54) is 24.3 Å². The van der Waals surface area contributed by atoms with Gasteiger partial charge in [0.25, 0.3) is 0 Å². The van der Waals surface area contributed by atoms with E-state index in [2.05, 4.69) is 5.32 Å². The fourth-order valence-electron chi connectivity index (χ4n) is 3.81. The highest BCUT2D eigenvalue weighted by atomic mass is 35.5. The number of nitrogens with one attached hydrogen (secondary N) is 1. The van der Waals surface area contributed by atoms with Crippen LogP contribution >= 0.6 is 12.4 Å². The molecule has 3 unspecified atom stereocenters. The third-order valence-electron chi connectivity index (χ3n) is 5.23. The van der Waals surface area contributed by atoms with Gasteiger partial charge in [-0.05, 0) is 41.7 Å². The van der Waals surface area contributed by atoms with Crippen molar-refractivity contribution in [1.82, 2.24) is 10.2 Å². The smallest absolute Gasteiger partial charge is 0.226 e. The molecule has 1 aliphatic carbocycles.